The highest BCUT2D eigenvalue weighted by atomic mass is 32.1. The third-order valence-corrected chi connectivity index (χ3v) is 5.92. The zero-order chi connectivity index (χ0) is 19.3. The maximum Gasteiger partial charge on any atom is 0.261 e. The van der Waals surface area contributed by atoms with Gasteiger partial charge in [0.1, 0.15) is 0 Å². The van der Waals surface area contributed by atoms with Crippen molar-refractivity contribution in [2.45, 2.75) is 19.0 Å². The summed E-state index contributed by atoms with van der Waals surface area (Å²) < 4.78 is 0. The molecule has 1 saturated heterocycles. The summed E-state index contributed by atoms with van der Waals surface area (Å²) >= 11 is 1.46. The third-order valence-electron chi connectivity index (χ3n) is 4.82. The van der Waals surface area contributed by atoms with Crippen molar-refractivity contribution in [2.75, 3.05) is 25.5 Å². The molecular formula is C21H23N5OS. The number of nitrogens with one attached hydrogen (secondary N) is 2. The van der Waals surface area contributed by atoms with E-state index in [9.17, 15) is 4.79 Å². The van der Waals surface area contributed by atoms with E-state index in [0.717, 1.165) is 36.6 Å². The minimum atomic E-state index is -0.00860. The van der Waals surface area contributed by atoms with Crippen LogP contribution in [0.3, 0.4) is 0 Å². The highest BCUT2D eigenvalue weighted by Gasteiger charge is 2.24. The van der Waals surface area contributed by atoms with Gasteiger partial charge in [0.15, 0.2) is 0 Å². The number of rotatable bonds is 6. The summed E-state index contributed by atoms with van der Waals surface area (Å²) in [7, 11) is 1.79. The largest absolute Gasteiger partial charge is 0.357 e. The van der Waals surface area contributed by atoms with Gasteiger partial charge in [0.05, 0.1) is 15.4 Å². The first-order chi connectivity index (χ1) is 13.7. The predicted molar refractivity (Wildman–Crippen MR) is 112 cm³/mol. The van der Waals surface area contributed by atoms with Crippen LogP contribution in [0.25, 0.3) is 10.6 Å². The number of aromatic nitrogens is 2. The Balaban J connectivity index is 1.35. The third kappa shape index (κ3) is 4.37. The number of likely N-dealkylation sites (tertiary alicyclic amines) is 1. The second-order valence-electron chi connectivity index (χ2n) is 6.86. The maximum atomic E-state index is 12.7. The molecule has 4 rings (SSSR count). The molecule has 3 heterocycles. The lowest BCUT2D eigenvalue weighted by molar-refractivity contribution is 0.0941. The molecule has 0 saturated carbocycles. The molecule has 7 heteroatoms. The molecule has 28 heavy (non-hydrogen) atoms. The molecule has 0 spiro atoms. The molecule has 1 atom stereocenters. The first-order valence-corrected chi connectivity index (χ1v) is 10.2. The lowest BCUT2D eigenvalue weighted by atomic mass is 10.2. The number of thiophene rings is 1. The number of anilines is 1. The van der Waals surface area contributed by atoms with Crippen molar-refractivity contribution in [1.82, 2.24) is 20.2 Å². The van der Waals surface area contributed by atoms with Crippen molar-refractivity contribution >= 4 is 23.2 Å². The summed E-state index contributed by atoms with van der Waals surface area (Å²) in [5, 5.41) is 6.12. The van der Waals surface area contributed by atoms with E-state index in [2.05, 4.69) is 49.8 Å². The molecule has 3 aromatic rings. The molecular weight excluding hydrogens is 370 g/mol. The van der Waals surface area contributed by atoms with E-state index in [1.54, 1.807) is 13.2 Å². The van der Waals surface area contributed by atoms with Gasteiger partial charge in [0, 0.05) is 38.9 Å². The van der Waals surface area contributed by atoms with Crippen LogP contribution in [-0.4, -0.2) is 47.0 Å². The Bertz CT molecular complexity index is 943. The van der Waals surface area contributed by atoms with Gasteiger partial charge in [-0.3, -0.25) is 9.69 Å². The van der Waals surface area contributed by atoms with E-state index in [-0.39, 0.29) is 11.9 Å². The first-order valence-electron chi connectivity index (χ1n) is 9.39. The first kappa shape index (κ1) is 18.6. The summed E-state index contributed by atoms with van der Waals surface area (Å²) in [5.74, 6) is 0.562. The standard InChI is InChI=1S/C21H23N5OS/c1-22-21-23-11-9-17(25-21)18-7-8-19(28-18)20(27)24-16-10-12-26(14-16)13-15-5-3-2-4-6-15/h2-9,11,16H,10,12-14H2,1H3,(H,24,27)(H,22,23,25). The quantitative estimate of drug-likeness (QED) is 0.673. The summed E-state index contributed by atoms with van der Waals surface area (Å²) in [5.41, 5.74) is 2.13. The fourth-order valence-corrected chi connectivity index (χ4v) is 4.29. The van der Waals surface area contributed by atoms with Gasteiger partial charge in [0.2, 0.25) is 5.95 Å². The maximum absolute atomic E-state index is 12.7. The van der Waals surface area contributed by atoms with Crippen LogP contribution in [0.15, 0.2) is 54.7 Å². The molecule has 0 aliphatic carbocycles. The second-order valence-corrected chi connectivity index (χ2v) is 7.94. The molecule has 1 unspecified atom stereocenters. The van der Waals surface area contributed by atoms with Gasteiger partial charge in [-0.05, 0) is 30.2 Å². The number of nitrogens with zero attached hydrogens (tertiary/aromatic N) is 3. The van der Waals surface area contributed by atoms with Crippen LogP contribution in [0.4, 0.5) is 5.95 Å². The van der Waals surface area contributed by atoms with Gasteiger partial charge < -0.3 is 10.6 Å². The van der Waals surface area contributed by atoms with Gasteiger partial charge >= 0.3 is 0 Å². The van der Waals surface area contributed by atoms with Gasteiger partial charge in [0.25, 0.3) is 5.91 Å². The van der Waals surface area contributed by atoms with Crippen LogP contribution in [0.5, 0.6) is 0 Å². The highest BCUT2D eigenvalue weighted by Crippen LogP contribution is 2.27. The molecule has 1 aliphatic heterocycles. The Kier molecular flexibility index (Phi) is 5.64. The molecule has 0 radical (unpaired) electrons. The van der Waals surface area contributed by atoms with Crippen LogP contribution in [0.1, 0.15) is 21.7 Å². The van der Waals surface area contributed by atoms with E-state index in [0.29, 0.717) is 10.8 Å². The zero-order valence-electron chi connectivity index (χ0n) is 15.8. The normalized spacial score (nSPS) is 16.8. The molecule has 144 valence electrons. The fraction of sp³-hybridized carbons (Fsp3) is 0.286. The average molecular weight is 394 g/mol. The summed E-state index contributed by atoms with van der Waals surface area (Å²) in [4.78, 5) is 25.3. The van der Waals surface area contributed by atoms with Gasteiger partial charge in [-0.25, -0.2) is 9.97 Å². The topological polar surface area (TPSA) is 70.2 Å². The Labute approximate surface area is 168 Å². The van der Waals surface area contributed by atoms with Crippen molar-refractivity contribution < 1.29 is 4.79 Å². The Morgan fingerprint density at radius 2 is 2.07 bits per heavy atom. The van der Waals surface area contributed by atoms with Gasteiger partial charge in [-0.2, -0.15) is 0 Å². The lowest BCUT2D eigenvalue weighted by Gasteiger charge is -2.16. The van der Waals surface area contributed by atoms with Crippen LogP contribution >= 0.6 is 11.3 Å². The Hall–Kier alpha value is -2.77. The van der Waals surface area contributed by atoms with Crippen molar-refractivity contribution in [1.29, 1.82) is 0 Å². The van der Waals surface area contributed by atoms with Crippen molar-refractivity contribution in [2.24, 2.45) is 0 Å². The van der Waals surface area contributed by atoms with Crippen LogP contribution < -0.4 is 10.6 Å². The molecule has 1 amide bonds. The summed E-state index contributed by atoms with van der Waals surface area (Å²) in [6, 6.07) is 16.3. The number of hydrogen-bond donors (Lipinski definition) is 2. The van der Waals surface area contributed by atoms with E-state index >= 15 is 0 Å². The lowest BCUT2D eigenvalue weighted by Crippen LogP contribution is -2.36. The SMILES string of the molecule is CNc1nccc(-c2ccc(C(=O)NC3CCN(Cc4ccccc4)C3)s2)n1. The molecule has 0 bridgehead atoms. The minimum Gasteiger partial charge on any atom is -0.357 e. The molecule has 1 aromatic carbocycles. The van der Waals surface area contributed by atoms with E-state index < -0.39 is 0 Å². The smallest absolute Gasteiger partial charge is 0.261 e. The van der Waals surface area contributed by atoms with E-state index in [1.165, 1.54) is 16.9 Å². The second kappa shape index (κ2) is 8.50. The predicted octanol–water partition coefficient (Wildman–Crippen LogP) is 3.25. The van der Waals surface area contributed by atoms with E-state index in [1.807, 2.05) is 24.3 Å². The van der Waals surface area contributed by atoms with Crippen LogP contribution in [0, 0.1) is 0 Å². The van der Waals surface area contributed by atoms with Crippen LogP contribution in [0.2, 0.25) is 0 Å². The monoisotopic (exact) mass is 393 g/mol. The average Bonchev–Trinajstić information content (AvgIpc) is 3.39. The number of hydrogen-bond acceptors (Lipinski definition) is 6. The minimum absolute atomic E-state index is 0.00860. The molecule has 6 nitrogen and oxygen atoms in total. The Morgan fingerprint density at radius 1 is 1.21 bits per heavy atom. The van der Waals surface area contributed by atoms with Crippen LogP contribution in [-0.2, 0) is 6.54 Å². The molecule has 1 fully saturated rings. The van der Waals surface area contributed by atoms with Crippen molar-refractivity contribution in [3.8, 4) is 10.6 Å². The number of carbonyl (C=O) groups is 1. The van der Waals surface area contributed by atoms with E-state index in [4.69, 9.17) is 0 Å². The fourth-order valence-electron chi connectivity index (χ4n) is 3.41. The van der Waals surface area contributed by atoms with Gasteiger partial charge in [-0.1, -0.05) is 30.3 Å². The summed E-state index contributed by atoms with van der Waals surface area (Å²) in [6.45, 7) is 2.82. The highest BCUT2D eigenvalue weighted by molar-refractivity contribution is 7.17. The Morgan fingerprint density at radius 3 is 2.89 bits per heavy atom. The zero-order valence-corrected chi connectivity index (χ0v) is 16.6. The van der Waals surface area contributed by atoms with Crippen molar-refractivity contribution in [3.63, 3.8) is 0 Å². The number of amides is 1. The number of benzene rings is 1. The molecule has 2 N–H and O–H groups in total. The molecule has 2 aromatic heterocycles. The summed E-state index contributed by atoms with van der Waals surface area (Å²) in [6.07, 6.45) is 2.70. The molecule has 1 aliphatic rings. The van der Waals surface area contributed by atoms with Crippen molar-refractivity contribution in [3.05, 3.63) is 65.2 Å². The van der Waals surface area contributed by atoms with Gasteiger partial charge in [-0.15, -0.1) is 11.3 Å². The number of carbonyl (C=O) groups excluding carboxylic acids is 1.